The van der Waals surface area contributed by atoms with Gasteiger partial charge in [0.05, 0.1) is 0 Å². The zero-order valence-electron chi connectivity index (χ0n) is 10.1. The van der Waals surface area contributed by atoms with Crippen molar-refractivity contribution in [3.63, 3.8) is 0 Å². The molecule has 0 radical (unpaired) electrons. The first-order chi connectivity index (χ1) is 8.22. The van der Waals surface area contributed by atoms with Crippen LogP contribution in [-0.4, -0.2) is 29.1 Å². The highest BCUT2D eigenvalue weighted by Gasteiger charge is 2.21. The van der Waals surface area contributed by atoms with E-state index in [1.54, 1.807) is 0 Å². The molecule has 1 aliphatic rings. The van der Waals surface area contributed by atoms with E-state index in [-0.39, 0.29) is 0 Å². The van der Waals surface area contributed by atoms with Gasteiger partial charge in [-0.25, -0.2) is 0 Å². The van der Waals surface area contributed by atoms with Crippen LogP contribution in [0.2, 0.25) is 0 Å². The molecule has 0 saturated carbocycles. The van der Waals surface area contributed by atoms with Gasteiger partial charge in [-0.05, 0) is 18.6 Å². The van der Waals surface area contributed by atoms with Crippen molar-refractivity contribution in [2.75, 3.05) is 23.7 Å². The van der Waals surface area contributed by atoms with Crippen molar-refractivity contribution in [2.24, 2.45) is 5.73 Å². The van der Waals surface area contributed by atoms with E-state index < -0.39 is 0 Å². The summed E-state index contributed by atoms with van der Waals surface area (Å²) in [7, 11) is 0. The zero-order chi connectivity index (χ0) is 12.3. The number of nitrogens with zero attached hydrogens (tertiary/aromatic N) is 1. The molecule has 0 aliphatic carbocycles. The number of benzene rings is 1. The number of thiocarbonyl (C=S) groups is 1. The summed E-state index contributed by atoms with van der Waals surface area (Å²) in [5, 5.41) is 0.725. The van der Waals surface area contributed by atoms with Crippen LogP contribution in [0.1, 0.15) is 18.9 Å². The first-order valence-electron chi connectivity index (χ1n) is 5.97. The van der Waals surface area contributed by atoms with E-state index in [0.717, 1.165) is 23.9 Å². The SMILES string of the molecule is CCC1CN(c2ccccc2C(N)=S)CCS1. The van der Waals surface area contributed by atoms with Crippen LogP contribution >= 0.6 is 24.0 Å². The third-order valence-electron chi connectivity index (χ3n) is 3.10. The number of hydrogen-bond donors (Lipinski definition) is 1. The molecule has 1 saturated heterocycles. The largest absolute Gasteiger partial charge is 0.389 e. The first-order valence-corrected chi connectivity index (χ1v) is 7.43. The molecule has 0 bridgehead atoms. The Labute approximate surface area is 113 Å². The van der Waals surface area contributed by atoms with Crippen molar-refractivity contribution in [3.8, 4) is 0 Å². The van der Waals surface area contributed by atoms with Crippen LogP contribution in [-0.2, 0) is 0 Å². The minimum atomic E-state index is 0.492. The summed E-state index contributed by atoms with van der Waals surface area (Å²) >= 11 is 7.19. The van der Waals surface area contributed by atoms with Gasteiger partial charge in [0.25, 0.3) is 0 Å². The summed E-state index contributed by atoms with van der Waals surface area (Å²) in [6, 6.07) is 8.19. The van der Waals surface area contributed by atoms with E-state index in [1.165, 1.54) is 17.9 Å². The topological polar surface area (TPSA) is 29.3 Å². The van der Waals surface area contributed by atoms with Crippen LogP contribution in [0.25, 0.3) is 0 Å². The van der Waals surface area contributed by atoms with Crippen molar-refractivity contribution < 1.29 is 0 Å². The van der Waals surface area contributed by atoms with E-state index >= 15 is 0 Å². The predicted molar refractivity (Wildman–Crippen MR) is 81.1 cm³/mol. The quantitative estimate of drug-likeness (QED) is 0.852. The second kappa shape index (κ2) is 5.74. The Balaban J connectivity index is 2.24. The maximum Gasteiger partial charge on any atom is 0.106 e. The first kappa shape index (κ1) is 12.7. The van der Waals surface area contributed by atoms with Crippen LogP contribution in [0.5, 0.6) is 0 Å². The molecule has 92 valence electrons. The van der Waals surface area contributed by atoms with Gasteiger partial charge < -0.3 is 10.6 Å². The fraction of sp³-hybridized carbons (Fsp3) is 0.462. The average molecular weight is 266 g/mol. The monoisotopic (exact) mass is 266 g/mol. The van der Waals surface area contributed by atoms with E-state index in [4.69, 9.17) is 18.0 Å². The Morgan fingerprint density at radius 2 is 2.29 bits per heavy atom. The van der Waals surface area contributed by atoms with Crippen LogP contribution in [0.4, 0.5) is 5.69 Å². The molecule has 17 heavy (non-hydrogen) atoms. The van der Waals surface area contributed by atoms with E-state index in [1.807, 2.05) is 12.1 Å². The summed E-state index contributed by atoms with van der Waals surface area (Å²) in [5.74, 6) is 1.18. The van der Waals surface area contributed by atoms with Gasteiger partial charge in [0.2, 0.25) is 0 Å². The lowest BCUT2D eigenvalue weighted by Gasteiger charge is -2.34. The minimum Gasteiger partial charge on any atom is -0.389 e. The van der Waals surface area contributed by atoms with Crippen LogP contribution < -0.4 is 10.6 Å². The van der Waals surface area contributed by atoms with E-state index in [0.29, 0.717) is 4.99 Å². The lowest BCUT2D eigenvalue weighted by atomic mass is 10.1. The molecule has 2 nitrogen and oxygen atoms in total. The average Bonchev–Trinajstić information content (AvgIpc) is 2.39. The molecule has 1 fully saturated rings. The van der Waals surface area contributed by atoms with Gasteiger partial charge in [0, 0.05) is 35.3 Å². The molecule has 0 aromatic heterocycles. The number of para-hydroxylation sites is 1. The van der Waals surface area contributed by atoms with Gasteiger partial charge in [-0.15, -0.1) is 0 Å². The number of thioether (sulfide) groups is 1. The van der Waals surface area contributed by atoms with Gasteiger partial charge in [-0.3, -0.25) is 0 Å². The number of nitrogens with two attached hydrogens (primary N) is 1. The third-order valence-corrected chi connectivity index (χ3v) is 4.70. The summed E-state index contributed by atoms with van der Waals surface area (Å²) in [6.07, 6.45) is 1.22. The molecular formula is C13H18N2S2. The fourth-order valence-corrected chi connectivity index (χ4v) is 3.50. The highest BCUT2D eigenvalue weighted by Crippen LogP contribution is 2.28. The molecule has 2 N–H and O–H groups in total. The summed E-state index contributed by atoms with van der Waals surface area (Å²) in [4.78, 5) is 2.91. The smallest absolute Gasteiger partial charge is 0.106 e. The molecule has 1 atom stereocenters. The molecule has 4 heteroatoms. The molecule has 1 aromatic carbocycles. The molecule has 2 rings (SSSR count). The minimum absolute atomic E-state index is 0.492. The van der Waals surface area contributed by atoms with Gasteiger partial charge >= 0.3 is 0 Å². The summed E-state index contributed by atoms with van der Waals surface area (Å²) in [5.41, 5.74) is 7.99. The third kappa shape index (κ3) is 2.93. The van der Waals surface area contributed by atoms with E-state index in [9.17, 15) is 0 Å². The molecule has 1 heterocycles. The highest BCUT2D eigenvalue weighted by molar-refractivity contribution is 8.00. The van der Waals surface area contributed by atoms with E-state index in [2.05, 4.69) is 35.7 Å². The molecule has 0 amide bonds. The predicted octanol–water partition coefficient (Wildman–Crippen LogP) is 2.65. The van der Waals surface area contributed by atoms with Crippen LogP contribution in [0.15, 0.2) is 24.3 Å². The van der Waals surface area contributed by atoms with Crippen molar-refractivity contribution in [3.05, 3.63) is 29.8 Å². The normalized spacial score (nSPS) is 20.3. The zero-order valence-corrected chi connectivity index (χ0v) is 11.7. The molecule has 1 aromatic rings. The Bertz CT molecular complexity index is 406. The standard InChI is InChI=1S/C13H18N2S2/c1-2-10-9-15(7-8-17-10)12-6-4-3-5-11(12)13(14)16/h3-6,10H,2,7-9H2,1H3,(H2,14,16). The molecule has 1 aliphatic heterocycles. The molecule has 1 unspecified atom stereocenters. The Hall–Kier alpha value is -0.740. The summed E-state index contributed by atoms with van der Waals surface area (Å²) in [6.45, 7) is 4.43. The van der Waals surface area contributed by atoms with Gasteiger partial charge in [0.15, 0.2) is 0 Å². The maximum atomic E-state index is 5.79. The maximum absolute atomic E-state index is 5.79. The number of anilines is 1. The lowest BCUT2D eigenvalue weighted by Crippen LogP contribution is -2.38. The van der Waals surface area contributed by atoms with Crippen molar-refractivity contribution >= 4 is 34.7 Å². The molecular weight excluding hydrogens is 248 g/mol. The van der Waals surface area contributed by atoms with Gasteiger partial charge in [0.1, 0.15) is 4.99 Å². The Morgan fingerprint density at radius 3 is 3.00 bits per heavy atom. The lowest BCUT2D eigenvalue weighted by molar-refractivity contribution is 0.728. The summed E-state index contributed by atoms with van der Waals surface area (Å²) < 4.78 is 0. The Kier molecular flexibility index (Phi) is 4.29. The van der Waals surface area contributed by atoms with Crippen LogP contribution in [0, 0.1) is 0 Å². The second-order valence-electron chi connectivity index (χ2n) is 4.23. The van der Waals surface area contributed by atoms with Crippen molar-refractivity contribution in [2.45, 2.75) is 18.6 Å². The van der Waals surface area contributed by atoms with Crippen molar-refractivity contribution in [1.29, 1.82) is 0 Å². The van der Waals surface area contributed by atoms with Crippen LogP contribution in [0.3, 0.4) is 0 Å². The van der Waals surface area contributed by atoms with Gasteiger partial charge in [-0.1, -0.05) is 31.3 Å². The van der Waals surface area contributed by atoms with Gasteiger partial charge in [-0.2, -0.15) is 11.8 Å². The second-order valence-corrected chi connectivity index (χ2v) is 6.08. The number of hydrogen-bond acceptors (Lipinski definition) is 3. The highest BCUT2D eigenvalue weighted by atomic mass is 32.2. The fourth-order valence-electron chi connectivity index (χ4n) is 2.14. The van der Waals surface area contributed by atoms with Crippen molar-refractivity contribution in [1.82, 2.24) is 0 Å². The Morgan fingerprint density at radius 1 is 1.53 bits per heavy atom. The number of rotatable bonds is 3. The molecule has 0 spiro atoms.